The molecular weight excluding hydrogens is 132 g/mol. The normalized spacial score (nSPS) is 12.7. The third-order valence-electron chi connectivity index (χ3n) is 1.19. The fourth-order valence-corrected chi connectivity index (χ4v) is 0.640. The minimum absolute atomic E-state index is 0.131. The smallest absolute Gasteiger partial charge is 0.243 e. The Hall–Kier alpha value is -0.610. The summed E-state index contributed by atoms with van der Waals surface area (Å²) in [5.41, 5.74) is 6.98. The maximum Gasteiger partial charge on any atom is 0.243 e. The van der Waals surface area contributed by atoms with Gasteiger partial charge in [-0.05, 0) is 19.8 Å². The zero-order valence-electron chi connectivity index (χ0n) is 6.13. The maximum atomic E-state index is 10.4. The molecule has 0 aromatic heterocycles. The molecule has 1 atom stereocenters. The van der Waals surface area contributed by atoms with E-state index < -0.39 is 0 Å². The van der Waals surface area contributed by atoms with Gasteiger partial charge in [-0.25, -0.2) is 5.48 Å². The maximum absolute atomic E-state index is 10.4. The Morgan fingerprint density at radius 2 is 2.40 bits per heavy atom. The average Bonchev–Trinajstić information content (AvgIpc) is 1.87. The molecule has 0 fully saturated rings. The number of amides is 1. The van der Waals surface area contributed by atoms with Gasteiger partial charge in [-0.2, -0.15) is 0 Å². The zero-order valence-corrected chi connectivity index (χ0v) is 6.13. The molecule has 0 rings (SSSR count). The lowest BCUT2D eigenvalue weighted by molar-refractivity contribution is -0.129. The first-order valence-corrected chi connectivity index (χ1v) is 3.35. The van der Waals surface area contributed by atoms with Gasteiger partial charge in [0.15, 0.2) is 0 Å². The Bertz CT molecular complexity index is 104. The monoisotopic (exact) mass is 146 g/mol. The van der Waals surface area contributed by atoms with E-state index in [9.17, 15) is 4.79 Å². The van der Waals surface area contributed by atoms with Crippen LogP contribution in [0.1, 0.15) is 26.2 Å². The van der Waals surface area contributed by atoms with E-state index in [2.05, 4.69) is 0 Å². The van der Waals surface area contributed by atoms with Crippen molar-refractivity contribution in [2.24, 2.45) is 5.73 Å². The molecule has 1 unspecified atom stereocenters. The van der Waals surface area contributed by atoms with E-state index in [1.807, 2.05) is 6.92 Å². The van der Waals surface area contributed by atoms with E-state index in [-0.39, 0.29) is 11.9 Å². The third kappa shape index (κ3) is 5.53. The fraction of sp³-hybridized carbons (Fsp3) is 0.833. The minimum Gasteiger partial charge on any atom is -0.328 e. The first-order chi connectivity index (χ1) is 4.66. The predicted molar refractivity (Wildman–Crippen MR) is 37.4 cm³/mol. The quantitative estimate of drug-likeness (QED) is 0.386. The SMILES string of the molecule is CC(N)CCCC(=O)NO. The molecule has 0 aromatic carbocycles. The molecule has 0 aromatic rings. The highest BCUT2D eigenvalue weighted by Crippen LogP contribution is 1.97. The van der Waals surface area contributed by atoms with Crippen LogP contribution in [-0.2, 0) is 4.79 Å². The first-order valence-electron chi connectivity index (χ1n) is 3.35. The second kappa shape index (κ2) is 5.20. The molecule has 0 aliphatic heterocycles. The van der Waals surface area contributed by atoms with Gasteiger partial charge in [0.25, 0.3) is 0 Å². The van der Waals surface area contributed by atoms with Gasteiger partial charge in [-0.1, -0.05) is 0 Å². The Balaban J connectivity index is 3.12. The molecule has 0 saturated heterocycles. The molecule has 0 saturated carbocycles. The largest absolute Gasteiger partial charge is 0.328 e. The second-order valence-corrected chi connectivity index (χ2v) is 2.40. The Kier molecular flexibility index (Phi) is 4.88. The van der Waals surface area contributed by atoms with Crippen LogP contribution in [0.3, 0.4) is 0 Å². The van der Waals surface area contributed by atoms with Crippen molar-refractivity contribution in [1.82, 2.24) is 5.48 Å². The Morgan fingerprint density at radius 3 is 2.80 bits per heavy atom. The number of carbonyl (C=O) groups excluding carboxylic acids is 1. The van der Waals surface area contributed by atoms with E-state index in [0.717, 1.165) is 12.8 Å². The number of nitrogens with two attached hydrogens (primary N) is 1. The average molecular weight is 146 g/mol. The number of nitrogens with one attached hydrogen (secondary N) is 1. The molecule has 0 heterocycles. The van der Waals surface area contributed by atoms with Crippen molar-refractivity contribution >= 4 is 5.91 Å². The summed E-state index contributed by atoms with van der Waals surface area (Å²) in [4.78, 5) is 10.4. The number of hydrogen-bond acceptors (Lipinski definition) is 3. The number of hydrogen-bond donors (Lipinski definition) is 3. The lowest BCUT2D eigenvalue weighted by Gasteiger charge is -2.02. The van der Waals surface area contributed by atoms with Gasteiger partial charge in [-0.15, -0.1) is 0 Å². The predicted octanol–water partition coefficient (Wildman–Crippen LogP) is 0.00930. The highest BCUT2D eigenvalue weighted by atomic mass is 16.5. The van der Waals surface area contributed by atoms with E-state index >= 15 is 0 Å². The standard InChI is InChI=1S/C6H14N2O2/c1-5(7)3-2-4-6(9)8-10/h5,10H,2-4,7H2,1H3,(H,8,9). The van der Waals surface area contributed by atoms with Gasteiger partial charge in [0, 0.05) is 12.5 Å². The zero-order chi connectivity index (χ0) is 7.98. The third-order valence-corrected chi connectivity index (χ3v) is 1.19. The topological polar surface area (TPSA) is 75.4 Å². The van der Waals surface area contributed by atoms with Gasteiger partial charge in [0.2, 0.25) is 5.91 Å². The molecule has 10 heavy (non-hydrogen) atoms. The molecule has 0 radical (unpaired) electrons. The van der Waals surface area contributed by atoms with Crippen molar-refractivity contribution in [3.63, 3.8) is 0 Å². The Labute approximate surface area is 60.4 Å². The summed E-state index contributed by atoms with van der Waals surface area (Å²) >= 11 is 0. The number of carbonyl (C=O) groups is 1. The van der Waals surface area contributed by atoms with Crippen LogP contribution in [0.25, 0.3) is 0 Å². The molecule has 0 bridgehead atoms. The molecule has 4 N–H and O–H groups in total. The summed E-state index contributed by atoms with van der Waals surface area (Å²) in [5, 5.41) is 8.07. The van der Waals surface area contributed by atoms with Crippen molar-refractivity contribution in [1.29, 1.82) is 0 Å². The van der Waals surface area contributed by atoms with Crippen LogP contribution in [0.4, 0.5) is 0 Å². The molecule has 60 valence electrons. The van der Waals surface area contributed by atoms with Crippen LogP contribution in [-0.4, -0.2) is 17.2 Å². The van der Waals surface area contributed by atoms with Crippen molar-refractivity contribution in [2.45, 2.75) is 32.2 Å². The summed E-state index contributed by atoms with van der Waals surface area (Å²) in [5.74, 6) is -0.347. The molecule has 0 aliphatic rings. The second-order valence-electron chi connectivity index (χ2n) is 2.40. The van der Waals surface area contributed by atoms with Crippen molar-refractivity contribution in [3.8, 4) is 0 Å². The molecule has 4 nitrogen and oxygen atoms in total. The fourth-order valence-electron chi connectivity index (χ4n) is 0.640. The lowest BCUT2D eigenvalue weighted by atomic mass is 10.1. The van der Waals surface area contributed by atoms with Crippen LogP contribution in [0.2, 0.25) is 0 Å². The summed E-state index contributed by atoms with van der Waals surface area (Å²) in [6.45, 7) is 1.89. The van der Waals surface area contributed by atoms with E-state index in [1.165, 1.54) is 0 Å². The molecule has 1 amide bonds. The first kappa shape index (κ1) is 9.39. The highest BCUT2D eigenvalue weighted by molar-refractivity contribution is 5.74. The van der Waals surface area contributed by atoms with Crippen LogP contribution >= 0.6 is 0 Å². The van der Waals surface area contributed by atoms with Crippen molar-refractivity contribution in [3.05, 3.63) is 0 Å². The highest BCUT2D eigenvalue weighted by Gasteiger charge is 1.99. The van der Waals surface area contributed by atoms with Crippen LogP contribution in [0.5, 0.6) is 0 Å². The van der Waals surface area contributed by atoms with E-state index in [4.69, 9.17) is 10.9 Å². The van der Waals surface area contributed by atoms with Crippen LogP contribution < -0.4 is 11.2 Å². The van der Waals surface area contributed by atoms with Gasteiger partial charge < -0.3 is 5.73 Å². The molecule has 0 spiro atoms. The van der Waals surface area contributed by atoms with Gasteiger partial charge in [0.05, 0.1) is 0 Å². The Morgan fingerprint density at radius 1 is 1.80 bits per heavy atom. The molecule has 0 aliphatic carbocycles. The van der Waals surface area contributed by atoms with Gasteiger partial charge in [0.1, 0.15) is 0 Å². The summed E-state index contributed by atoms with van der Waals surface area (Å²) in [7, 11) is 0. The number of hydroxylamine groups is 1. The number of rotatable bonds is 4. The van der Waals surface area contributed by atoms with Gasteiger partial charge in [-0.3, -0.25) is 10.0 Å². The molecular formula is C6H14N2O2. The van der Waals surface area contributed by atoms with Crippen molar-refractivity contribution in [2.75, 3.05) is 0 Å². The van der Waals surface area contributed by atoms with E-state index in [1.54, 1.807) is 5.48 Å². The minimum atomic E-state index is -0.347. The summed E-state index contributed by atoms with van der Waals surface area (Å²) in [6.07, 6.45) is 1.88. The van der Waals surface area contributed by atoms with Crippen LogP contribution in [0, 0.1) is 0 Å². The summed E-state index contributed by atoms with van der Waals surface area (Å²) < 4.78 is 0. The van der Waals surface area contributed by atoms with Crippen LogP contribution in [0.15, 0.2) is 0 Å². The lowest BCUT2D eigenvalue weighted by Crippen LogP contribution is -2.20. The van der Waals surface area contributed by atoms with Crippen molar-refractivity contribution < 1.29 is 10.0 Å². The summed E-state index contributed by atoms with van der Waals surface area (Å²) in [6, 6.07) is 0.131. The molecule has 4 heteroatoms. The van der Waals surface area contributed by atoms with Gasteiger partial charge >= 0.3 is 0 Å². The van der Waals surface area contributed by atoms with E-state index in [0.29, 0.717) is 6.42 Å².